The van der Waals surface area contributed by atoms with Gasteiger partial charge in [-0.2, -0.15) is 0 Å². The van der Waals surface area contributed by atoms with Gasteiger partial charge in [-0.25, -0.2) is 0 Å². The van der Waals surface area contributed by atoms with E-state index in [-0.39, 0.29) is 0 Å². The number of fused-ring (bicyclic) bond motifs is 1. The van der Waals surface area contributed by atoms with Gasteiger partial charge in [0.1, 0.15) is 15.7 Å². The van der Waals surface area contributed by atoms with Crippen molar-refractivity contribution in [1.29, 1.82) is 0 Å². The molecule has 2 aromatic heterocycles. The molecule has 0 N–H and O–H groups in total. The van der Waals surface area contributed by atoms with Gasteiger partial charge in [-0.3, -0.25) is 0 Å². The quantitative estimate of drug-likeness (QED) is 0.469. The molecule has 2 heterocycles. The van der Waals surface area contributed by atoms with Gasteiger partial charge in [0.25, 0.3) is 0 Å². The summed E-state index contributed by atoms with van der Waals surface area (Å²) in [5.74, 6) is 2.95. The lowest BCUT2D eigenvalue weighted by Crippen LogP contribution is -2.20. The molecule has 0 aliphatic carbocycles. The van der Waals surface area contributed by atoms with Gasteiger partial charge in [0, 0.05) is 32.9 Å². The third kappa shape index (κ3) is 1.19. The van der Waals surface area contributed by atoms with Crippen molar-refractivity contribution in [3.63, 3.8) is 0 Å². The first kappa shape index (κ1) is 11.3. The summed E-state index contributed by atoms with van der Waals surface area (Å²) < 4.78 is 3.09. The SMILES string of the molecule is [B]/C=c1\c2c(C)n([B])/c(=C/[B])c2c(C)n1[B]. The van der Waals surface area contributed by atoms with Crippen LogP contribution in [-0.2, 0) is 0 Å². The maximum atomic E-state index is 5.91. The molecular weight excluding hydrogens is 191 g/mol. The van der Waals surface area contributed by atoms with E-state index in [4.69, 9.17) is 31.7 Å². The molecule has 70 valence electrons. The van der Waals surface area contributed by atoms with Crippen molar-refractivity contribution in [2.75, 3.05) is 0 Å². The zero-order valence-corrected chi connectivity index (χ0v) is 9.36. The third-order valence-corrected chi connectivity index (χ3v) is 3.04. The summed E-state index contributed by atoms with van der Waals surface area (Å²) in [4.78, 5) is 0. The van der Waals surface area contributed by atoms with Crippen LogP contribution in [0.4, 0.5) is 0 Å². The molecule has 6 heteroatoms. The summed E-state index contributed by atoms with van der Waals surface area (Å²) >= 11 is 0. The van der Waals surface area contributed by atoms with Gasteiger partial charge in [0.05, 0.1) is 0 Å². The minimum Gasteiger partial charge on any atom is -0.401 e. The number of nitrogens with zero attached hydrogens (tertiary/aromatic N) is 2. The first-order valence-electron chi connectivity index (χ1n) is 4.90. The third-order valence-electron chi connectivity index (χ3n) is 3.04. The summed E-state index contributed by atoms with van der Waals surface area (Å²) in [5.41, 5.74) is 1.77. The molecule has 0 aliphatic heterocycles. The molecule has 0 saturated carbocycles. The summed E-state index contributed by atoms with van der Waals surface area (Å²) in [6.07, 6.45) is 0. The van der Waals surface area contributed by atoms with E-state index >= 15 is 0 Å². The second-order valence-electron chi connectivity index (χ2n) is 3.76. The van der Waals surface area contributed by atoms with Crippen molar-refractivity contribution in [2.24, 2.45) is 0 Å². The molecule has 2 aromatic rings. The highest BCUT2D eigenvalue weighted by atomic mass is 14.9. The van der Waals surface area contributed by atoms with Crippen molar-refractivity contribution in [3.8, 4) is 0 Å². The second-order valence-corrected chi connectivity index (χ2v) is 3.76. The van der Waals surface area contributed by atoms with Crippen LogP contribution in [0.3, 0.4) is 0 Å². The van der Waals surface area contributed by atoms with Crippen LogP contribution in [0.1, 0.15) is 11.4 Å². The Bertz CT molecular complexity index is 618. The second kappa shape index (κ2) is 3.69. The number of hydrogen-bond acceptors (Lipinski definition) is 0. The topological polar surface area (TPSA) is 9.86 Å². The standard InChI is InChI=1S/C10H8B4N2/c1-5-9-7(3-11)16(14)6(2)10(9)8(4-12)15(5)13/h3-4H,1-2H3/b7-3+,8-4+. The highest BCUT2D eigenvalue weighted by Gasteiger charge is 2.13. The molecule has 0 saturated heterocycles. The van der Waals surface area contributed by atoms with Crippen LogP contribution in [0.25, 0.3) is 22.7 Å². The Kier molecular flexibility index (Phi) is 2.61. The minimum absolute atomic E-state index is 0.748. The fourth-order valence-electron chi connectivity index (χ4n) is 2.16. The average molecular weight is 199 g/mol. The molecule has 2 rings (SSSR count). The lowest BCUT2D eigenvalue weighted by molar-refractivity contribution is 1.08. The number of aromatic nitrogens is 2. The van der Waals surface area contributed by atoms with Crippen LogP contribution in [0.5, 0.6) is 0 Å². The van der Waals surface area contributed by atoms with Crippen molar-refractivity contribution in [3.05, 3.63) is 22.1 Å². The molecule has 16 heavy (non-hydrogen) atoms. The Balaban J connectivity index is 3.26. The number of hydrogen-bond donors (Lipinski definition) is 0. The zero-order chi connectivity index (χ0) is 12.0. The maximum Gasteiger partial charge on any atom is 0.234 e. The predicted molar refractivity (Wildman–Crippen MR) is 71.4 cm³/mol. The molecule has 0 unspecified atom stereocenters. The van der Waals surface area contributed by atoms with E-state index < -0.39 is 0 Å². The first-order chi connectivity index (χ1) is 7.54. The Morgan fingerprint density at radius 3 is 1.38 bits per heavy atom. The van der Waals surface area contributed by atoms with Crippen LogP contribution in [0, 0.1) is 13.8 Å². The highest BCUT2D eigenvalue weighted by molar-refractivity contribution is 6.33. The van der Waals surface area contributed by atoms with Gasteiger partial charge >= 0.3 is 0 Å². The van der Waals surface area contributed by atoms with E-state index in [2.05, 4.69) is 0 Å². The summed E-state index contributed by atoms with van der Waals surface area (Å²) in [7, 11) is 23.0. The van der Waals surface area contributed by atoms with E-state index in [9.17, 15) is 0 Å². The predicted octanol–water partition coefficient (Wildman–Crippen LogP) is -1.26. The van der Waals surface area contributed by atoms with Crippen molar-refractivity contribution in [1.82, 2.24) is 8.96 Å². The summed E-state index contributed by atoms with van der Waals surface area (Å²) in [6.45, 7) is 3.81. The summed E-state index contributed by atoms with van der Waals surface area (Å²) in [6, 6.07) is 0. The maximum absolute atomic E-state index is 5.91. The first-order valence-corrected chi connectivity index (χ1v) is 4.90. The van der Waals surface area contributed by atoms with Gasteiger partial charge in [0.2, 0.25) is 16.0 Å². The molecule has 0 aliphatic rings. The highest BCUT2D eigenvalue weighted by Crippen LogP contribution is 2.15. The van der Waals surface area contributed by atoms with Crippen molar-refractivity contribution in [2.45, 2.75) is 13.8 Å². The van der Waals surface area contributed by atoms with Crippen LogP contribution in [0.15, 0.2) is 0 Å². The normalized spacial score (nSPS) is 14.1. The van der Waals surface area contributed by atoms with Crippen molar-refractivity contribution >= 4 is 54.4 Å². The zero-order valence-electron chi connectivity index (χ0n) is 9.36. The monoisotopic (exact) mass is 200 g/mol. The largest absolute Gasteiger partial charge is 0.401 e. The fraction of sp³-hybridized carbons (Fsp3) is 0.200. The molecule has 0 atom stereocenters. The van der Waals surface area contributed by atoms with E-state index in [0.717, 1.165) is 32.9 Å². The van der Waals surface area contributed by atoms with E-state index in [0.29, 0.717) is 0 Å². The van der Waals surface area contributed by atoms with Crippen LogP contribution < -0.4 is 10.7 Å². The summed E-state index contributed by atoms with van der Waals surface area (Å²) in [5, 5.41) is 3.39. The molecule has 0 spiro atoms. The van der Waals surface area contributed by atoms with Crippen LogP contribution in [0.2, 0.25) is 0 Å². The molecular formula is C10H8B4N2. The van der Waals surface area contributed by atoms with Gasteiger partial charge in [0.15, 0.2) is 0 Å². The van der Waals surface area contributed by atoms with E-state index in [1.165, 1.54) is 12.0 Å². The number of rotatable bonds is 0. The molecule has 0 aromatic carbocycles. The lowest BCUT2D eigenvalue weighted by Gasteiger charge is -2.02. The molecule has 2 nitrogen and oxygen atoms in total. The fourth-order valence-corrected chi connectivity index (χ4v) is 2.16. The molecule has 8 radical (unpaired) electrons. The van der Waals surface area contributed by atoms with Gasteiger partial charge < -0.3 is 8.96 Å². The Labute approximate surface area is 99.7 Å². The Morgan fingerprint density at radius 2 is 1.12 bits per heavy atom. The lowest BCUT2D eigenvalue weighted by atomic mass is 10.1. The van der Waals surface area contributed by atoms with Gasteiger partial charge in [-0.1, -0.05) is 0 Å². The van der Waals surface area contributed by atoms with Crippen molar-refractivity contribution < 1.29 is 0 Å². The smallest absolute Gasteiger partial charge is 0.234 e. The average Bonchev–Trinajstić information content (AvgIpc) is 2.66. The number of aryl methyl sites for hydroxylation is 2. The van der Waals surface area contributed by atoms with Crippen LogP contribution in [-0.4, -0.2) is 40.6 Å². The molecule has 0 amide bonds. The van der Waals surface area contributed by atoms with Gasteiger partial charge in [-0.05, 0) is 13.8 Å². The van der Waals surface area contributed by atoms with E-state index in [1.807, 2.05) is 13.8 Å². The van der Waals surface area contributed by atoms with E-state index in [1.54, 1.807) is 8.96 Å². The van der Waals surface area contributed by atoms with Crippen LogP contribution >= 0.6 is 0 Å². The Hall–Kier alpha value is -1.18. The van der Waals surface area contributed by atoms with Gasteiger partial charge in [-0.15, -0.1) is 12.0 Å². The molecule has 0 fully saturated rings. The molecule has 0 bridgehead atoms. The Morgan fingerprint density at radius 1 is 0.812 bits per heavy atom. The minimum atomic E-state index is 0.748.